The fourth-order valence-corrected chi connectivity index (χ4v) is 2.45. The Morgan fingerprint density at radius 2 is 1.76 bits per heavy atom. The van der Waals surface area contributed by atoms with Gasteiger partial charge in [-0.3, -0.25) is 4.79 Å². The monoisotopic (exact) mass is 252 g/mol. The molecule has 2 rings (SSSR count). The number of primary sulfonamides is 1. The molecule has 0 unspecified atom stereocenters. The number of aromatic amines is 1. The van der Waals surface area contributed by atoms with E-state index in [1.807, 2.05) is 0 Å². The van der Waals surface area contributed by atoms with Crippen molar-refractivity contribution >= 4 is 20.9 Å². The van der Waals surface area contributed by atoms with Crippen molar-refractivity contribution in [3.05, 3.63) is 39.7 Å². The lowest BCUT2D eigenvalue weighted by Gasteiger charge is -2.07. The van der Waals surface area contributed by atoms with E-state index >= 15 is 0 Å². The Balaban J connectivity index is 2.97. The molecule has 0 bridgehead atoms. The molecule has 0 atom stereocenters. The molecule has 0 spiro atoms. The number of H-pyrrole nitrogens is 1. The topological polar surface area (TPSA) is 93.0 Å². The minimum absolute atomic E-state index is 0.0534. The third-order valence-corrected chi connectivity index (χ3v) is 3.55. The van der Waals surface area contributed by atoms with Gasteiger partial charge in [0.2, 0.25) is 15.6 Å². The number of fused-ring (bicyclic) bond motifs is 1. The van der Waals surface area contributed by atoms with Crippen LogP contribution in [0.25, 0.3) is 10.9 Å². The second-order valence-corrected chi connectivity index (χ2v) is 5.59. The van der Waals surface area contributed by atoms with Crippen LogP contribution in [0.3, 0.4) is 0 Å². The van der Waals surface area contributed by atoms with Crippen LogP contribution in [0.1, 0.15) is 11.1 Å². The summed E-state index contributed by atoms with van der Waals surface area (Å²) < 4.78 is 22.6. The summed E-state index contributed by atoms with van der Waals surface area (Å²) in [6.07, 6.45) is 0. The molecule has 1 heterocycles. The summed E-state index contributed by atoms with van der Waals surface area (Å²) in [5.41, 5.74) is 1.83. The number of pyridine rings is 1. The first-order valence-corrected chi connectivity index (χ1v) is 6.51. The third-order valence-electron chi connectivity index (χ3n) is 2.66. The van der Waals surface area contributed by atoms with E-state index in [0.29, 0.717) is 16.5 Å². The zero-order valence-corrected chi connectivity index (χ0v) is 10.3. The average molecular weight is 252 g/mol. The Kier molecular flexibility index (Phi) is 2.56. The van der Waals surface area contributed by atoms with Crippen molar-refractivity contribution in [3.8, 4) is 0 Å². The van der Waals surface area contributed by atoms with Gasteiger partial charge in [0.15, 0.2) is 0 Å². The molecular weight excluding hydrogens is 240 g/mol. The third kappa shape index (κ3) is 2.09. The quantitative estimate of drug-likeness (QED) is 0.785. The standard InChI is InChI=1S/C11H12N2O3S/c1-6-4-10(14)13-11-7(2)3-8(5-9(6)11)17(12,15)16/h3-5H,1-2H3,(H,13,14)(H2,12,15,16). The highest BCUT2D eigenvalue weighted by atomic mass is 32.2. The number of benzene rings is 1. The van der Waals surface area contributed by atoms with E-state index in [1.165, 1.54) is 18.2 Å². The van der Waals surface area contributed by atoms with Crippen LogP contribution in [0, 0.1) is 13.8 Å². The first kappa shape index (κ1) is 11.8. The lowest BCUT2D eigenvalue weighted by molar-refractivity contribution is 0.598. The van der Waals surface area contributed by atoms with Gasteiger partial charge >= 0.3 is 0 Å². The van der Waals surface area contributed by atoms with E-state index in [2.05, 4.69) is 4.98 Å². The molecule has 0 saturated carbocycles. The summed E-state index contributed by atoms with van der Waals surface area (Å²) in [6.45, 7) is 3.48. The molecule has 0 fully saturated rings. The fraction of sp³-hybridized carbons (Fsp3) is 0.182. The van der Waals surface area contributed by atoms with Crippen LogP contribution in [0.2, 0.25) is 0 Å². The number of sulfonamides is 1. The molecule has 0 aliphatic rings. The molecule has 0 aliphatic carbocycles. The van der Waals surface area contributed by atoms with Crippen LogP contribution in [0.15, 0.2) is 27.9 Å². The van der Waals surface area contributed by atoms with Crippen molar-refractivity contribution in [2.45, 2.75) is 18.7 Å². The first-order chi connectivity index (χ1) is 7.79. The summed E-state index contributed by atoms with van der Waals surface area (Å²) in [5, 5.41) is 5.79. The number of rotatable bonds is 1. The summed E-state index contributed by atoms with van der Waals surface area (Å²) in [5.74, 6) is 0. The molecule has 2 aromatic rings. The van der Waals surface area contributed by atoms with Gasteiger partial charge in [0.05, 0.1) is 10.4 Å². The Morgan fingerprint density at radius 3 is 2.35 bits per heavy atom. The molecule has 6 heteroatoms. The first-order valence-electron chi connectivity index (χ1n) is 4.96. The summed E-state index contributed by atoms with van der Waals surface area (Å²) >= 11 is 0. The highest BCUT2D eigenvalue weighted by Crippen LogP contribution is 2.22. The molecule has 1 aromatic heterocycles. The van der Waals surface area contributed by atoms with Crippen molar-refractivity contribution in [2.24, 2.45) is 5.14 Å². The molecule has 3 N–H and O–H groups in total. The van der Waals surface area contributed by atoms with Gasteiger partial charge in [-0.2, -0.15) is 0 Å². The molecule has 0 aliphatic heterocycles. The molecule has 0 amide bonds. The zero-order valence-electron chi connectivity index (χ0n) is 9.44. The molecule has 0 saturated heterocycles. The predicted molar refractivity (Wildman–Crippen MR) is 65.4 cm³/mol. The number of hydrogen-bond acceptors (Lipinski definition) is 3. The van der Waals surface area contributed by atoms with Crippen LogP contribution >= 0.6 is 0 Å². The normalized spacial score (nSPS) is 11.9. The molecular formula is C11H12N2O3S. The van der Waals surface area contributed by atoms with Gasteiger partial charge < -0.3 is 4.98 Å². The Bertz CT molecular complexity index is 760. The zero-order chi connectivity index (χ0) is 12.8. The van der Waals surface area contributed by atoms with Gasteiger partial charge in [0.1, 0.15) is 0 Å². The van der Waals surface area contributed by atoms with Crippen LogP contribution in [-0.2, 0) is 10.0 Å². The van der Waals surface area contributed by atoms with Gasteiger partial charge in [-0.05, 0) is 37.1 Å². The maximum Gasteiger partial charge on any atom is 0.248 e. The van der Waals surface area contributed by atoms with Crippen molar-refractivity contribution in [3.63, 3.8) is 0 Å². The Morgan fingerprint density at radius 1 is 1.12 bits per heavy atom. The number of aryl methyl sites for hydroxylation is 2. The van der Waals surface area contributed by atoms with Gasteiger partial charge in [-0.1, -0.05) is 0 Å². The van der Waals surface area contributed by atoms with Gasteiger partial charge in [-0.15, -0.1) is 0 Å². The molecule has 1 aromatic carbocycles. The smallest absolute Gasteiger partial charge is 0.248 e. The highest BCUT2D eigenvalue weighted by molar-refractivity contribution is 7.89. The van der Waals surface area contributed by atoms with Crippen molar-refractivity contribution in [1.29, 1.82) is 0 Å². The fourth-order valence-electron chi connectivity index (χ4n) is 1.83. The second kappa shape index (κ2) is 3.68. The van der Waals surface area contributed by atoms with Gasteiger partial charge in [-0.25, -0.2) is 13.6 Å². The average Bonchev–Trinajstić information content (AvgIpc) is 2.17. The minimum Gasteiger partial charge on any atom is -0.322 e. The Hall–Kier alpha value is -1.66. The van der Waals surface area contributed by atoms with Crippen molar-refractivity contribution < 1.29 is 8.42 Å². The summed E-state index contributed by atoms with van der Waals surface area (Å²) in [7, 11) is -3.74. The second-order valence-electron chi connectivity index (χ2n) is 4.02. The lowest BCUT2D eigenvalue weighted by atomic mass is 10.1. The minimum atomic E-state index is -3.74. The summed E-state index contributed by atoms with van der Waals surface area (Å²) in [4.78, 5) is 14.1. The van der Waals surface area contributed by atoms with E-state index < -0.39 is 10.0 Å². The van der Waals surface area contributed by atoms with Gasteiger partial charge in [0, 0.05) is 11.5 Å². The molecule has 0 radical (unpaired) electrons. The van der Waals surface area contributed by atoms with E-state index in [4.69, 9.17) is 5.14 Å². The molecule has 90 valence electrons. The number of nitrogens with one attached hydrogen (secondary N) is 1. The largest absolute Gasteiger partial charge is 0.322 e. The van der Waals surface area contributed by atoms with E-state index in [1.54, 1.807) is 13.8 Å². The Labute approximate surface area is 98.3 Å². The number of aromatic nitrogens is 1. The molecule has 5 nitrogen and oxygen atoms in total. The number of hydrogen-bond donors (Lipinski definition) is 2. The van der Waals surface area contributed by atoms with Crippen molar-refractivity contribution in [1.82, 2.24) is 4.98 Å². The van der Waals surface area contributed by atoms with Gasteiger partial charge in [0.25, 0.3) is 0 Å². The maximum absolute atomic E-state index is 11.3. The summed E-state index contributed by atoms with van der Waals surface area (Å²) in [6, 6.07) is 4.35. The predicted octanol–water partition coefficient (Wildman–Crippen LogP) is 0.792. The number of nitrogens with two attached hydrogens (primary N) is 1. The van der Waals surface area contributed by atoms with E-state index in [0.717, 1.165) is 5.56 Å². The van der Waals surface area contributed by atoms with E-state index in [-0.39, 0.29) is 10.5 Å². The molecule has 17 heavy (non-hydrogen) atoms. The maximum atomic E-state index is 11.3. The van der Waals surface area contributed by atoms with E-state index in [9.17, 15) is 13.2 Å². The van der Waals surface area contributed by atoms with Crippen molar-refractivity contribution in [2.75, 3.05) is 0 Å². The van der Waals surface area contributed by atoms with Crippen LogP contribution < -0.4 is 10.7 Å². The van der Waals surface area contributed by atoms with Crippen LogP contribution in [0.5, 0.6) is 0 Å². The van der Waals surface area contributed by atoms with Crippen LogP contribution in [-0.4, -0.2) is 13.4 Å². The van der Waals surface area contributed by atoms with Crippen LogP contribution in [0.4, 0.5) is 0 Å². The SMILES string of the molecule is Cc1cc(=O)[nH]c2c(C)cc(S(N)(=O)=O)cc12. The lowest BCUT2D eigenvalue weighted by Crippen LogP contribution is -2.13. The highest BCUT2D eigenvalue weighted by Gasteiger charge is 2.12.